The Bertz CT molecular complexity index is 670. The summed E-state index contributed by atoms with van der Waals surface area (Å²) in [6.45, 7) is 1.62. The molecule has 0 unspecified atom stereocenters. The molecule has 5 heteroatoms. The molecule has 2 aromatic rings. The molecule has 0 radical (unpaired) electrons. The molecule has 5 nitrogen and oxygen atoms in total. The summed E-state index contributed by atoms with van der Waals surface area (Å²) in [5, 5.41) is 11.3. The van der Waals surface area contributed by atoms with Crippen LogP contribution in [0, 0.1) is 18.8 Å². The van der Waals surface area contributed by atoms with Crippen molar-refractivity contribution in [3.05, 3.63) is 53.5 Å². The zero-order valence-corrected chi connectivity index (χ0v) is 10.9. The van der Waals surface area contributed by atoms with E-state index in [2.05, 4.69) is 27.1 Å². The van der Waals surface area contributed by atoms with Crippen LogP contribution in [0.4, 0.5) is 5.82 Å². The Morgan fingerprint density at radius 1 is 1.35 bits per heavy atom. The quantitative estimate of drug-likeness (QED) is 0.806. The first-order valence-electron chi connectivity index (χ1n) is 6.00. The number of amides is 1. The molecule has 2 rings (SSSR count). The van der Waals surface area contributed by atoms with Crippen molar-refractivity contribution in [2.45, 2.75) is 6.92 Å². The van der Waals surface area contributed by atoms with Crippen molar-refractivity contribution in [1.29, 1.82) is 0 Å². The SMILES string of the molecule is Cc1ccc(C(=O)Nc2cccc(C#CCO)n2)cn1. The van der Waals surface area contributed by atoms with E-state index in [1.165, 1.54) is 6.20 Å². The van der Waals surface area contributed by atoms with Crippen molar-refractivity contribution in [3.8, 4) is 11.8 Å². The van der Waals surface area contributed by atoms with Crippen molar-refractivity contribution in [3.63, 3.8) is 0 Å². The lowest BCUT2D eigenvalue weighted by Crippen LogP contribution is -2.13. The normalized spacial score (nSPS) is 9.50. The molecule has 0 saturated carbocycles. The molecule has 2 N–H and O–H groups in total. The van der Waals surface area contributed by atoms with Gasteiger partial charge in [-0.1, -0.05) is 12.0 Å². The van der Waals surface area contributed by atoms with E-state index in [0.29, 0.717) is 17.1 Å². The summed E-state index contributed by atoms with van der Waals surface area (Å²) in [4.78, 5) is 20.2. The minimum Gasteiger partial charge on any atom is -0.384 e. The zero-order chi connectivity index (χ0) is 14.4. The Hall–Kier alpha value is -2.71. The Morgan fingerprint density at radius 2 is 2.20 bits per heavy atom. The summed E-state index contributed by atoms with van der Waals surface area (Å²) >= 11 is 0. The van der Waals surface area contributed by atoms with E-state index in [1.54, 1.807) is 30.3 Å². The number of nitrogens with one attached hydrogen (secondary N) is 1. The maximum absolute atomic E-state index is 12.0. The van der Waals surface area contributed by atoms with Gasteiger partial charge in [0.15, 0.2) is 0 Å². The topological polar surface area (TPSA) is 75.1 Å². The minimum atomic E-state index is -0.280. The molecule has 0 saturated heterocycles. The second-order valence-corrected chi connectivity index (χ2v) is 4.01. The van der Waals surface area contributed by atoms with Crippen molar-refractivity contribution < 1.29 is 9.90 Å². The lowest BCUT2D eigenvalue weighted by molar-refractivity contribution is 0.102. The maximum atomic E-state index is 12.0. The number of anilines is 1. The molecule has 0 atom stereocenters. The van der Waals surface area contributed by atoms with E-state index >= 15 is 0 Å². The van der Waals surface area contributed by atoms with E-state index in [1.807, 2.05) is 6.92 Å². The largest absolute Gasteiger partial charge is 0.384 e. The second kappa shape index (κ2) is 6.45. The Morgan fingerprint density at radius 3 is 2.90 bits per heavy atom. The summed E-state index contributed by atoms with van der Waals surface area (Å²) in [7, 11) is 0. The van der Waals surface area contributed by atoms with Gasteiger partial charge >= 0.3 is 0 Å². The Balaban J connectivity index is 2.13. The first-order chi connectivity index (χ1) is 9.69. The fourth-order valence-corrected chi connectivity index (χ4v) is 1.49. The van der Waals surface area contributed by atoms with Crippen LogP contribution in [0.2, 0.25) is 0 Å². The molecule has 2 aromatic heterocycles. The highest BCUT2D eigenvalue weighted by molar-refractivity contribution is 6.03. The Kier molecular flexibility index (Phi) is 4.43. The summed E-state index contributed by atoms with van der Waals surface area (Å²) < 4.78 is 0. The molecule has 20 heavy (non-hydrogen) atoms. The summed E-state index contributed by atoms with van der Waals surface area (Å²) in [6, 6.07) is 8.57. The number of carbonyl (C=O) groups is 1. The van der Waals surface area contributed by atoms with Crippen LogP contribution in [-0.2, 0) is 0 Å². The van der Waals surface area contributed by atoms with Gasteiger partial charge in [0.25, 0.3) is 5.91 Å². The van der Waals surface area contributed by atoms with Gasteiger partial charge in [0, 0.05) is 11.9 Å². The molecule has 0 aromatic carbocycles. The van der Waals surface area contributed by atoms with Gasteiger partial charge in [0.1, 0.15) is 18.1 Å². The number of pyridine rings is 2. The summed E-state index contributed by atoms with van der Waals surface area (Å²) in [5.41, 5.74) is 1.80. The van der Waals surface area contributed by atoms with Crippen molar-refractivity contribution in [2.75, 3.05) is 11.9 Å². The number of aliphatic hydroxyl groups excluding tert-OH is 1. The van der Waals surface area contributed by atoms with Crippen LogP contribution < -0.4 is 5.32 Å². The van der Waals surface area contributed by atoms with E-state index in [-0.39, 0.29) is 12.5 Å². The van der Waals surface area contributed by atoms with Crippen LogP contribution in [0.5, 0.6) is 0 Å². The lowest BCUT2D eigenvalue weighted by atomic mass is 10.2. The molecular weight excluding hydrogens is 254 g/mol. The third-order valence-corrected chi connectivity index (χ3v) is 2.46. The lowest BCUT2D eigenvalue weighted by Gasteiger charge is -2.04. The van der Waals surface area contributed by atoms with Crippen LogP contribution in [0.3, 0.4) is 0 Å². The van der Waals surface area contributed by atoms with Crippen LogP contribution in [0.15, 0.2) is 36.5 Å². The van der Waals surface area contributed by atoms with E-state index in [0.717, 1.165) is 5.69 Å². The number of aromatic nitrogens is 2. The highest BCUT2D eigenvalue weighted by Crippen LogP contribution is 2.07. The number of aryl methyl sites for hydroxylation is 1. The fraction of sp³-hybridized carbons (Fsp3) is 0.133. The maximum Gasteiger partial charge on any atom is 0.258 e. The van der Waals surface area contributed by atoms with E-state index in [4.69, 9.17) is 5.11 Å². The van der Waals surface area contributed by atoms with E-state index < -0.39 is 0 Å². The van der Waals surface area contributed by atoms with Crippen LogP contribution in [-0.4, -0.2) is 27.6 Å². The number of carbonyl (C=O) groups excluding carboxylic acids is 1. The van der Waals surface area contributed by atoms with Gasteiger partial charge in [-0.2, -0.15) is 0 Å². The van der Waals surface area contributed by atoms with Crippen molar-refractivity contribution in [2.24, 2.45) is 0 Å². The average Bonchev–Trinajstić information content (AvgIpc) is 2.46. The van der Waals surface area contributed by atoms with Crippen LogP contribution in [0.25, 0.3) is 0 Å². The first kappa shape index (κ1) is 13.7. The molecule has 2 heterocycles. The highest BCUT2D eigenvalue weighted by Gasteiger charge is 2.07. The van der Waals surface area contributed by atoms with Crippen molar-refractivity contribution in [1.82, 2.24) is 9.97 Å². The second-order valence-electron chi connectivity index (χ2n) is 4.01. The fourth-order valence-electron chi connectivity index (χ4n) is 1.49. The standard InChI is InChI=1S/C15H13N3O2/c1-11-7-8-12(10-16-11)15(20)18-14-6-2-4-13(17-14)5-3-9-19/h2,4,6-8,10,19H,9H2,1H3,(H,17,18,20). The van der Waals surface area contributed by atoms with Gasteiger partial charge in [-0.3, -0.25) is 9.78 Å². The van der Waals surface area contributed by atoms with Gasteiger partial charge in [-0.25, -0.2) is 4.98 Å². The monoisotopic (exact) mass is 267 g/mol. The smallest absolute Gasteiger partial charge is 0.258 e. The number of hydrogen-bond donors (Lipinski definition) is 2. The molecule has 0 spiro atoms. The molecule has 0 aliphatic rings. The molecule has 0 aliphatic heterocycles. The highest BCUT2D eigenvalue weighted by atomic mass is 16.2. The molecule has 0 fully saturated rings. The zero-order valence-electron chi connectivity index (χ0n) is 10.9. The van der Waals surface area contributed by atoms with Gasteiger partial charge in [0.05, 0.1) is 5.56 Å². The third-order valence-electron chi connectivity index (χ3n) is 2.46. The molecule has 0 bridgehead atoms. The number of aliphatic hydroxyl groups is 1. The molecule has 0 aliphatic carbocycles. The van der Waals surface area contributed by atoms with E-state index in [9.17, 15) is 4.79 Å². The predicted molar refractivity (Wildman–Crippen MR) is 75.1 cm³/mol. The number of nitrogens with zero attached hydrogens (tertiary/aromatic N) is 2. The predicted octanol–water partition coefficient (Wildman–Crippen LogP) is 1.38. The Labute approximate surface area is 116 Å². The van der Waals surface area contributed by atoms with Gasteiger partial charge in [0.2, 0.25) is 0 Å². The van der Waals surface area contributed by atoms with Gasteiger partial charge < -0.3 is 10.4 Å². The molecule has 100 valence electrons. The first-order valence-corrected chi connectivity index (χ1v) is 6.00. The average molecular weight is 267 g/mol. The van der Waals surface area contributed by atoms with Gasteiger partial charge in [-0.15, -0.1) is 0 Å². The molecule has 1 amide bonds. The van der Waals surface area contributed by atoms with Crippen LogP contribution in [0.1, 0.15) is 21.7 Å². The summed E-state index contributed by atoms with van der Waals surface area (Å²) in [5.74, 6) is 5.31. The minimum absolute atomic E-state index is 0.229. The van der Waals surface area contributed by atoms with Gasteiger partial charge in [-0.05, 0) is 37.1 Å². The van der Waals surface area contributed by atoms with Crippen LogP contribution >= 0.6 is 0 Å². The summed E-state index contributed by atoms with van der Waals surface area (Å²) in [6.07, 6.45) is 1.51. The third kappa shape index (κ3) is 3.64. The number of rotatable bonds is 2. The van der Waals surface area contributed by atoms with Crippen molar-refractivity contribution >= 4 is 11.7 Å². The molecular formula is C15H13N3O2. The number of hydrogen-bond acceptors (Lipinski definition) is 4.